The van der Waals surface area contributed by atoms with Crippen LogP contribution in [0.1, 0.15) is 11.1 Å². The Morgan fingerprint density at radius 1 is 0.962 bits per heavy atom. The minimum atomic E-state index is -0.218. The Balaban J connectivity index is 1.98. The molecule has 0 aliphatic heterocycles. The number of anilines is 1. The number of carbonyl (C=O) groups excluding carboxylic acids is 1. The molecule has 0 spiro atoms. The summed E-state index contributed by atoms with van der Waals surface area (Å²) in [5, 5.41) is 3.52. The van der Waals surface area contributed by atoms with E-state index in [0.717, 1.165) is 11.1 Å². The number of hydrogen-bond acceptors (Lipinski definition) is 2. The van der Waals surface area contributed by atoms with E-state index in [4.69, 9.17) is 16.3 Å². The van der Waals surface area contributed by atoms with Crippen LogP contribution in [-0.4, -0.2) is 13.0 Å². The molecule has 0 fully saturated rings. The van der Waals surface area contributed by atoms with Gasteiger partial charge in [-0.15, -0.1) is 0 Å². The molecule has 0 saturated heterocycles. The summed E-state index contributed by atoms with van der Waals surface area (Å²) in [6.07, 6.45) is 1.80. The molecule has 0 radical (unpaired) electrons. The summed E-state index contributed by atoms with van der Waals surface area (Å²) >= 11 is 6.27. The number of hydrogen-bond donors (Lipinski definition) is 1. The Kier molecular flexibility index (Phi) is 5.72. The van der Waals surface area contributed by atoms with Gasteiger partial charge in [0.15, 0.2) is 0 Å². The molecule has 0 unspecified atom stereocenters. The van der Waals surface area contributed by atoms with E-state index in [-0.39, 0.29) is 5.91 Å². The zero-order chi connectivity index (χ0) is 18.4. The number of benzene rings is 3. The Morgan fingerprint density at radius 3 is 2.42 bits per heavy atom. The second-order valence-electron chi connectivity index (χ2n) is 5.63. The summed E-state index contributed by atoms with van der Waals surface area (Å²) in [7, 11) is 1.59. The van der Waals surface area contributed by atoms with E-state index in [1.165, 1.54) is 0 Å². The smallest absolute Gasteiger partial charge is 0.256 e. The van der Waals surface area contributed by atoms with Crippen molar-refractivity contribution in [3.63, 3.8) is 0 Å². The van der Waals surface area contributed by atoms with Crippen LogP contribution in [0.4, 0.5) is 5.69 Å². The zero-order valence-electron chi connectivity index (χ0n) is 14.3. The maximum Gasteiger partial charge on any atom is 0.256 e. The first-order valence-corrected chi connectivity index (χ1v) is 8.52. The van der Waals surface area contributed by atoms with Gasteiger partial charge in [-0.3, -0.25) is 4.79 Å². The lowest BCUT2D eigenvalue weighted by Crippen LogP contribution is -2.13. The van der Waals surface area contributed by atoms with Gasteiger partial charge in [0.25, 0.3) is 5.91 Å². The normalized spacial score (nSPS) is 11.1. The average molecular weight is 364 g/mol. The van der Waals surface area contributed by atoms with Gasteiger partial charge in [-0.05, 0) is 35.4 Å². The molecular formula is C22H18ClNO2. The first kappa shape index (κ1) is 17.8. The van der Waals surface area contributed by atoms with Crippen molar-refractivity contribution in [1.82, 2.24) is 0 Å². The highest BCUT2D eigenvalue weighted by molar-refractivity contribution is 6.34. The van der Waals surface area contributed by atoms with Gasteiger partial charge in [-0.25, -0.2) is 0 Å². The highest BCUT2D eigenvalue weighted by Crippen LogP contribution is 2.25. The van der Waals surface area contributed by atoms with Crippen LogP contribution in [-0.2, 0) is 4.79 Å². The molecular weight excluding hydrogens is 346 g/mol. The molecule has 0 aliphatic rings. The summed E-state index contributed by atoms with van der Waals surface area (Å²) in [5.41, 5.74) is 2.79. The predicted molar refractivity (Wildman–Crippen MR) is 107 cm³/mol. The van der Waals surface area contributed by atoms with Crippen molar-refractivity contribution < 1.29 is 9.53 Å². The summed E-state index contributed by atoms with van der Waals surface area (Å²) in [4.78, 5) is 13.0. The van der Waals surface area contributed by atoms with Crippen LogP contribution in [0, 0.1) is 0 Å². The lowest BCUT2D eigenvalue weighted by Gasteiger charge is -2.11. The van der Waals surface area contributed by atoms with Gasteiger partial charge in [0, 0.05) is 22.3 Å². The fourth-order valence-electron chi connectivity index (χ4n) is 2.54. The fraction of sp³-hybridized carbons (Fsp3) is 0.0455. The molecule has 0 aliphatic carbocycles. The molecule has 3 rings (SSSR count). The SMILES string of the molecule is COc1cccc(NC(=O)C(=Cc2ccccc2Cl)c2ccccc2)c1. The first-order valence-electron chi connectivity index (χ1n) is 8.14. The quantitative estimate of drug-likeness (QED) is 0.478. The molecule has 1 amide bonds. The summed E-state index contributed by atoms with van der Waals surface area (Å²) < 4.78 is 5.21. The molecule has 3 aromatic carbocycles. The maximum absolute atomic E-state index is 13.0. The average Bonchev–Trinajstić information content (AvgIpc) is 2.68. The molecule has 3 nitrogen and oxygen atoms in total. The van der Waals surface area contributed by atoms with Crippen molar-refractivity contribution >= 4 is 34.8 Å². The van der Waals surface area contributed by atoms with Gasteiger partial charge in [0.1, 0.15) is 5.75 Å². The maximum atomic E-state index is 13.0. The van der Waals surface area contributed by atoms with E-state index in [9.17, 15) is 4.79 Å². The van der Waals surface area contributed by atoms with Crippen molar-refractivity contribution in [3.8, 4) is 5.75 Å². The van der Waals surface area contributed by atoms with Crippen LogP contribution in [0.3, 0.4) is 0 Å². The molecule has 0 aromatic heterocycles. The second-order valence-corrected chi connectivity index (χ2v) is 6.04. The number of halogens is 1. The first-order chi connectivity index (χ1) is 12.7. The molecule has 4 heteroatoms. The highest BCUT2D eigenvalue weighted by atomic mass is 35.5. The van der Waals surface area contributed by atoms with Crippen molar-refractivity contribution in [3.05, 3.63) is 95.0 Å². The second kappa shape index (κ2) is 8.37. The van der Waals surface area contributed by atoms with Crippen molar-refractivity contribution in [1.29, 1.82) is 0 Å². The molecule has 3 aromatic rings. The van der Waals surface area contributed by atoms with Crippen LogP contribution in [0.25, 0.3) is 11.6 Å². The standard InChI is InChI=1S/C22H18ClNO2/c1-26-19-12-7-11-18(15-19)24-22(25)20(16-8-3-2-4-9-16)14-17-10-5-6-13-21(17)23/h2-15H,1H3,(H,24,25). The Morgan fingerprint density at radius 2 is 1.69 bits per heavy atom. The monoisotopic (exact) mass is 363 g/mol. The van der Waals surface area contributed by atoms with E-state index in [1.807, 2.05) is 66.7 Å². The molecule has 26 heavy (non-hydrogen) atoms. The van der Waals surface area contributed by atoms with Gasteiger partial charge < -0.3 is 10.1 Å². The zero-order valence-corrected chi connectivity index (χ0v) is 15.0. The largest absolute Gasteiger partial charge is 0.497 e. The number of carbonyl (C=O) groups is 1. The molecule has 130 valence electrons. The Hall–Kier alpha value is -3.04. The lowest BCUT2D eigenvalue weighted by atomic mass is 10.0. The van der Waals surface area contributed by atoms with Gasteiger partial charge in [0.05, 0.1) is 7.11 Å². The third-order valence-corrected chi connectivity index (χ3v) is 4.21. The Labute approximate surface area is 157 Å². The number of amides is 1. The van der Waals surface area contributed by atoms with Crippen molar-refractivity contribution in [2.24, 2.45) is 0 Å². The minimum Gasteiger partial charge on any atom is -0.497 e. The predicted octanol–water partition coefficient (Wildman–Crippen LogP) is 5.53. The van der Waals surface area contributed by atoms with Crippen LogP contribution in [0.15, 0.2) is 78.9 Å². The van der Waals surface area contributed by atoms with E-state index in [0.29, 0.717) is 22.0 Å². The van der Waals surface area contributed by atoms with Crippen LogP contribution in [0.5, 0.6) is 5.75 Å². The van der Waals surface area contributed by atoms with Gasteiger partial charge in [-0.2, -0.15) is 0 Å². The van der Waals surface area contributed by atoms with Gasteiger partial charge in [0.2, 0.25) is 0 Å². The van der Waals surface area contributed by atoms with Crippen LogP contribution >= 0.6 is 11.6 Å². The Bertz CT molecular complexity index is 936. The number of methoxy groups -OCH3 is 1. The molecule has 0 atom stereocenters. The van der Waals surface area contributed by atoms with Gasteiger partial charge in [-0.1, -0.05) is 66.2 Å². The molecule has 0 heterocycles. The highest BCUT2D eigenvalue weighted by Gasteiger charge is 2.13. The molecule has 1 N–H and O–H groups in total. The van der Waals surface area contributed by atoms with Crippen molar-refractivity contribution in [2.75, 3.05) is 12.4 Å². The summed E-state index contributed by atoms with van der Waals surface area (Å²) in [5.74, 6) is 0.462. The van der Waals surface area contributed by atoms with E-state index in [2.05, 4.69) is 5.32 Å². The van der Waals surface area contributed by atoms with E-state index >= 15 is 0 Å². The van der Waals surface area contributed by atoms with Gasteiger partial charge >= 0.3 is 0 Å². The number of nitrogens with one attached hydrogen (secondary N) is 1. The fourth-order valence-corrected chi connectivity index (χ4v) is 2.73. The summed E-state index contributed by atoms with van der Waals surface area (Å²) in [6.45, 7) is 0. The summed E-state index contributed by atoms with van der Waals surface area (Å²) in [6, 6.07) is 24.2. The number of ether oxygens (including phenoxy) is 1. The molecule has 0 saturated carbocycles. The minimum absolute atomic E-state index is 0.218. The molecule has 0 bridgehead atoms. The number of rotatable bonds is 5. The third-order valence-electron chi connectivity index (χ3n) is 3.86. The van der Waals surface area contributed by atoms with E-state index in [1.54, 1.807) is 25.3 Å². The van der Waals surface area contributed by atoms with Crippen molar-refractivity contribution in [2.45, 2.75) is 0 Å². The van der Waals surface area contributed by atoms with E-state index < -0.39 is 0 Å². The lowest BCUT2D eigenvalue weighted by molar-refractivity contribution is -0.111. The topological polar surface area (TPSA) is 38.3 Å². The van der Waals surface area contributed by atoms with Crippen LogP contribution in [0.2, 0.25) is 5.02 Å². The van der Waals surface area contributed by atoms with Crippen LogP contribution < -0.4 is 10.1 Å². The third kappa shape index (κ3) is 4.32.